The van der Waals surface area contributed by atoms with Crippen molar-refractivity contribution in [2.75, 3.05) is 6.61 Å². The van der Waals surface area contributed by atoms with Crippen molar-refractivity contribution in [1.29, 1.82) is 0 Å². The second kappa shape index (κ2) is 6.40. The predicted molar refractivity (Wildman–Crippen MR) is 86.4 cm³/mol. The molecule has 0 amide bonds. The summed E-state index contributed by atoms with van der Waals surface area (Å²) in [4.78, 5) is 4.41. The molecule has 0 atom stereocenters. The highest BCUT2D eigenvalue weighted by atomic mass is 16.5. The Balaban J connectivity index is 1.97. The van der Waals surface area contributed by atoms with E-state index in [1.807, 2.05) is 36.4 Å². The molecule has 0 spiro atoms. The summed E-state index contributed by atoms with van der Waals surface area (Å²) in [5.41, 5.74) is 2.98. The quantitative estimate of drug-likeness (QED) is 0.619. The number of pyridine rings is 1. The van der Waals surface area contributed by atoms with E-state index in [1.54, 1.807) is 0 Å². The number of hydrogen-bond acceptors (Lipinski definition) is 2. The molecule has 2 heteroatoms. The minimum atomic E-state index is 0.745. The number of fused-ring (bicyclic) bond motifs is 1. The molecule has 2 nitrogen and oxygen atoms in total. The molecule has 0 saturated carbocycles. The summed E-state index contributed by atoms with van der Waals surface area (Å²) in [6, 6.07) is 18.3. The third kappa shape index (κ3) is 3.05. The van der Waals surface area contributed by atoms with Crippen LogP contribution < -0.4 is 4.74 Å². The van der Waals surface area contributed by atoms with Crippen molar-refractivity contribution in [3.63, 3.8) is 0 Å². The van der Waals surface area contributed by atoms with E-state index >= 15 is 0 Å². The molecule has 3 rings (SSSR count). The van der Waals surface area contributed by atoms with E-state index < -0.39 is 0 Å². The zero-order valence-corrected chi connectivity index (χ0v) is 12.2. The van der Waals surface area contributed by atoms with E-state index in [4.69, 9.17) is 4.74 Å². The third-order valence-corrected chi connectivity index (χ3v) is 3.47. The molecule has 0 saturated heterocycles. The van der Waals surface area contributed by atoms with Crippen LogP contribution in [0.1, 0.15) is 19.8 Å². The number of benzene rings is 2. The maximum atomic E-state index is 5.90. The molecule has 0 N–H and O–H groups in total. The molecular weight excluding hydrogens is 258 g/mol. The van der Waals surface area contributed by atoms with E-state index in [1.165, 1.54) is 0 Å². The molecular formula is C19H18NO. The van der Waals surface area contributed by atoms with Gasteiger partial charge in [0.25, 0.3) is 0 Å². The van der Waals surface area contributed by atoms with Crippen LogP contribution in [0.4, 0.5) is 0 Å². The van der Waals surface area contributed by atoms with E-state index in [9.17, 15) is 0 Å². The van der Waals surface area contributed by atoms with Gasteiger partial charge in [-0.05, 0) is 24.6 Å². The zero-order valence-electron chi connectivity index (χ0n) is 12.2. The second-order valence-electron chi connectivity index (χ2n) is 5.04. The lowest BCUT2D eigenvalue weighted by Gasteiger charge is -2.11. The highest BCUT2D eigenvalue weighted by Gasteiger charge is 2.07. The maximum Gasteiger partial charge on any atom is 0.127 e. The Bertz CT molecular complexity index is 736. The highest BCUT2D eigenvalue weighted by molar-refractivity contribution is 5.84. The smallest absolute Gasteiger partial charge is 0.127 e. The van der Waals surface area contributed by atoms with Gasteiger partial charge in [-0.1, -0.05) is 49.7 Å². The Morgan fingerprint density at radius 1 is 1.05 bits per heavy atom. The molecule has 21 heavy (non-hydrogen) atoms. The Hall–Kier alpha value is -2.35. The van der Waals surface area contributed by atoms with Gasteiger partial charge in [0.05, 0.1) is 18.3 Å². The van der Waals surface area contributed by atoms with Crippen molar-refractivity contribution in [3.8, 4) is 16.9 Å². The average molecular weight is 276 g/mol. The van der Waals surface area contributed by atoms with Gasteiger partial charge in [0.15, 0.2) is 0 Å². The van der Waals surface area contributed by atoms with Gasteiger partial charge in [0.1, 0.15) is 5.75 Å². The fraction of sp³-hybridized carbons (Fsp3) is 0.211. The summed E-state index contributed by atoms with van der Waals surface area (Å²) >= 11 is 0. The Kier molecular flexibility index (Phi) is 4.15. The molecule has 0 bridgehead atoms. The summed E-state index contributed by atoms with van der Waals surface area (Å²) in [6.45, 7) is 2.91. The van der Waals surface area contributed by atoms with Gasteiger partial charge in [-0.2, -0.15) is 0 Å². The number of unbranched alkanes of at least 4 members (excludes halogenated alkanes) is 1. The van der Waals surface area contributed by atoms with Crippen LogP contribution in [0.2, 0.25) is 0 Å². The van der Waals surface area contributed by atoms with E-state index in [-0.39, 0.29) is 0 Å². The van der Waals surface area contributed by atoms with Gasteiger partial charge >= 0.3 is 0 Å². The third-order valence-electron chi connectivity index (χ3n) is 3.47. The first-order valence-electron chi connectivity index (χ1n) is 7.38. The zero-order chi connectivity index (χ0) is 14.5. The largest absolute Gasteiger partial charge is 0.493 e. The molecule has 0 fully saturated rings. The van der Waals surface area contributed by atoms with Crippen LogP contribution in [0.3, 0.4) is 0 Å². The first kappa shape index (κ1) is 13.6. The lowest BCUT2D eigenvalue weighted by atomic mass is 10.0. The van der Waals surface area contributed by atoms with Crippen LogP contribution in [-0.4, -0.2) is 11.6 Å². The lowest BCUT2D eigenvalue weighted by molar-refractivity contribution is 0.310. The van der Waals surface area contributed by atoms with E-state index in [0.29, 0.717) is 0 Å². The van der Waals surface area contributed by atoms with Crippen molar-refractivity contribution in [3.05, 3.63) is 60.8 Å². The minimum Gasteiger partial charge on any atom is -0.493 e. The minimum absolute atomic E-state index is 0.745. The molecule has 105 valence electrons. The SMILES string of the molecule is CCCCOc1ccccc1-c1[c]nc2ccccc2c1. The summed E-state index contributed by atoms with van der Waals surface area (Å²) in [5, 5.41) is 1.12. The van der Waals surface area contributed by atoms with Crippen LogP contribution in [0.5, 0.6) is 5.75 Å². The molecule has 0 unspecified atom stereocenters. The van der Waals surface area contributed by atoms with Crippen molar-refractivity contribution >= 4 is 10.9 Å². The van der Waals surface area contributed by atoms with Crippen molar-refractivity contribution in [2.24, 2.45) is 0 Å². The molecule has 0 aliphatic rings. The van der Waals surface area contributed by atoms with Gasteiger partial charge in [-0.15, -0.1) is 0 Å². The van der Waals surface area contributed by atoms with Gasteiger partial charge in [-0.3, -0.25) is 0 Å². The molecule has 2 aromatic carbocycles. The normalized spacial score (nSPS) is 10.7. The van der Waals surface area contributed by atoms with Gasteiger partial charge < -0.3 is 4.74 Å². The highest BCUT2D eigenvalue weighted by Crippen LogP contribution is 2.30. The lowest BCUT2D eigenvalue weighted by Crippen LogP contribution is -1.98. The van der Waals surface area contributed by atoms with Crippen molar-refractivity contribution in [1.82, 2.24) is 4.98 Å². The van der Waals surface area contributed by atoms with Crippen LogP contribution in [-0.2, 0) is 0 Å². The van der Waals surface area contributed by atoms with Crippen LogP contribution >= 0.6 is 0 Å². The van der Waals surface area contributed by atoms with Crippen molar-refractivity contribution in [2.45, 2.75) is 19.8 Å². The number of para-hydroxylation sites is 2. The second-order valence-corrected chi connectivity index (χ2v) is 5.04. The number of aromatic nitrogens is 1. The van der Waals surface area contributed by atoms with E-state index in [0.717, 1.165) is 47.2 Å². The monoisotopic (exact) mass is 276 g/mol. The number of ether oxygens (including phenoxy) is 1. The van der Waals surface area contributed by atoms with E-state index in [2.05, 4.69) is 36.3 Å². The first-order valence-corrected chi connectivity index (χ1v) is 7.38. The first-order chi connectivity index (χ1) is 10.4. The molecule has 0 aliphatic heterocycles. The summed E-state index contributed by atoms with van der Waals surface area (Å²) in [6.07, 6.45) is 5.32. The van der Waals surface area contributed by atoms with Gasteiger partial charge in [0.2, 0.25) is 0 Å². The maximum absolute atomic E-state index is 5.90. The topological polar surface area (TPSA) is 22.1 Å². The Morgan fingerprint density at radius 3 is 2.76 bits per heavy atom. The molecule has 3 aromatic rings. The standard InChI is InChI=1S/C19H18NO/c1-2-3-12-21-19-11-7-5-9-17(19)16-13-15-8-4-6-10-18(15)20-14-16/h4-11,13H,2-3,12H2,1H3. The fourth-order valence-electron chi connectivity index (χ4n) is 2.30. The van der Waals surface area contributed by atoms with Crippen LogP contribution in [0, 0.1) is 6.20 Å². The number of nitrogens with zero attached hydrogens (tertiary/aromatic N) is 1. The average Bonchev–Trinajstić information content (AvgIpc) is 2.55. The molecule has 1 heterocycles. The summed E-state index contributed by atoms with van der Waals surface area (Å²) < 4.78 is 5.90. The summed E-state index contributed by atoms with van der Waals surface area (Å²) in [7, 11) is 0. The molecule has 1 radical (unpaired) electrons. The molecule has 0 aliphatic carbocycles. The molecule has 1 aromatic heterocycles. The Labute approximate surface area is 125 Å². The number of hydrogen-bond donors (Lipinski definition) is 0. The van der Waals surface area contributed by atoms with Gasteiger partial charge in [0, 0.05) is 16.5 Å². The van der Waals surface area contributed by atoms with Crippen molar-refractivity contribution < 1.29 is 4.74 Å². The fourth-order valence-corrected chi connectivity index (χ4v) is 2.30. The van der Waals surface area contributed by atoms with Crippen LogP contribution in [0.15, 0.2) is 54.6 Å². The predicted octanol–water partition coefficient (Wildman–Crippen LogP) is 4.88. The Morgan fingerprint density at radius 2 is 1.86 bits per heavy atom. The summed E-state index contributed by atoms with van der Waals surface area (Å²) in [5.74, 6) is 0.902. The number of rotatable bonds is 5. The van der Waals surface area contributed by atoms with Gasteiger partial charge in [-0.25, -0.2) is 4.98 Å². The van der Waals surface area contributed by atoms with Crippen LogP contribution in [0.25, 0.3) is 22.0 Å².